The van der Waals surface area contributed by atoms with Gasteiger partial charge in [-0.2, -0.15) is 4.99 Å². The molecule has 1 saturated heterocycles. The van der Waals surface area contributed by atoms with Crippen LogP contribution in [0.5, 0.6) is 0 Å². The lowest BCUT2D eigenvalue weighted by Crippen LogP contribution is -2.46. The van der Waals surface area contributed by atoms with Crippen molar-refractivity contribution in [3.8, 4) is 0 Å². The van der Waals surface area contributed by atoms with Crippen LogP contribution >= 0.6 is 11.6 Å². The minimum Gasteiger partial charge on any atom is -0.368 e. The molecule has 0 radical (unpaired) electrons. The molecule has 0 unspecified atom stereocenters. The number of benzene rings is 1. The van der Waals surface area contributed by atoms with Crippen LogP contribution in [-0.2, 0) is 4.79 Å². The van der Waals surface area contributed by atoms with Crippen molar-refractivity contribution in [2.75, 3.05) is 37.6 Å². The second kappa shape index (κ2) is 6.01. The van der Waals surface area contributed by atoms with E-state index in [4.69, 9.17) is 11.6 Å². The first-order valence-corrected chi connectivity index (χ1v) is 6.47. The summed E-state index contributed by atoms with van der Waals surface area (Å²) in [5.74, 6) is 0. The number of aliphatic imine (C=N–C) groups is 1. The maximum absolute atomic E-state index is 10.2. The van der Waals surface area contributed by atoms with Crippen LogP contribution in [0.3, 0.4) is 0 Å². The Kier molecular flexibility index (Phi) is 4.37. The number of isocyanates is 1. The average molecular weight is 266 g/mol. The summed E-state index contributed by atoms with van der Waals surface area (Å²) in [6, 6.07) is 5.41. The number of anilines is 1. The summed E-state index contributed by atoms with van der Waals surface area (Å²) in [5.41, 5.74) is 1.56. The quantitative estimate of drug-likeness (QED) is 0.622. The molecular weight excluding hydrogens is 250 g/mol. The van der Waals surface area contributed by atoms with Gasteiger partial charge in [0.05, 0.1) is 16.4 Å². The summed E-state index contributed by atoms with van der Waals surface area (Å²) < 4.78 is 0. The third-order valence-electron chi connectivity index (χ3n) is 3.27. The number of likely N-dealkylation sites (N-methyl/N-ethyl adjacent to an activating group) is 1. The molecule has 1 fully saturated rings. The van der Waals surface area contributed by atoms with Gasteiger partial charge in [-0.15, -0.1) is 0 Å². The van der Waals surface area contributed by atoms with Crippen molar-refractivity contribution in [2.45, 2.75) is 6.92 Å². The van der Waals surface area contributed by atoms with E-state index in [1.807, 2.05) is 6.07 Å². The van der Waals surface area contributed by atoms with Crippen molar-refractivity contribution in [1.82, 2.24) is 4.90 Å². The normalized spacial score (nSPS) is 16.4. The highest BCUT2D eigenvalue weighted by atomic mass is 35.5. The van der Waals surface area contributed by atoms with Gasteiger partial charge in [0, 0.05) is 26.2 Å². The van der Waals surface area contributed by atoms with Crippen molar-refractivity contribution >= 4 is 29.1 Å². The highest BCUT2D eigenvalue weighted by Gasteiger charge is 2.17. The second-order valence-electron chi connectivity index (χ2n) is 4.26. The van der Waals surface area contributed by atoms with Gasteiger partial charge in [0.25, 0.3) is 0 Å². The van der Waals surface area contributed by atoms with Crippen LogP contribution in [-0.4, -0.2) is 43.7 Å². The third kappa shape index (κ3) is 2.91. The third-order valence-corrected chi connectivity index (χ3v) is 3.57. The molecule has 0 atom stereocenters. The van der Waals surface area contributed by atoms with Gasteiger partial charge in [0.15, 0.2) is 0 Å². The van der Waals surface area contributed by atoms with Gasteiger partial charge < -0.3 is 9.80 Å². The summed E-state index contributed by atoms with van der Waals surface area (Å²) in [6.45, 7) is 7.33. The van der Waals surface area contributed by atoms with Crippen molar-refractivity contribution in [2.24, 2.45) is 4.99 Å². The number of rotatable bonds is 3. The van der Waals surface area contributed by atoms with Crippen LogP contribution in [0.2, 0.25) is 5.02 Å². The Morgan fingerprint density at radius 3 is 2.61 bits per heavy atom. The lowest BCUT2D eigenvalue weighted by molar-refractivity contribution is 0.271. The number of hydrogen-bond acceptors (Lipinski definition) is 4. The van der Waals surface area contributed by atoms with Crippen molar-refractivity contribution in [1.29, 1.82) is 0 Å². The van der Waals surface area contributed by atoms with Crippen LogP contribution in [0.4, 0.5) is 11.4 Å². The number of hydrogen-bond donors (Lipinski definition) is 0. The highest BCUT2D eigenvalue weighted by molar-refractivity contribution is 6.33. The van der Waals surface area contributed by atoms with E-state index >= 15 is 0 Å². The minimum atomic E-state index is 0.547. The number of nitrogens with zero attached hydrogens (tertiary/aromatic N) is 3. The van der Waals surface area contributed by atoms with E-state index in [0.717, 1.165) is 38.4 Å². The molecule has 2 rings (SSSR count). The standard InChI is InChI=1S/C13H16ClN3O/c1-2-16-5-7-17(8-6-16)13-4-3-11(15-10-18)9-12(13)14/h3-4,9H,2,5-8H2,1H3. The average Bonchev–Trinajstić information content (AvgIpc) is 2.40. The Hall–Kier alpha value is -1.35. The fourth-order valence-electron chi connectivity index (χ4n) is 2.18. The van der Waals surface area contributed by atoms with Gasteiger partial charge in [-0.25, -0.2) is 4.79 Å². The molecule has 4 nitrogen and oxygen atoms in total. The summed E-state index contributed by atoms with van der Waals surface area (Å²) in [4.78, 5) is 18.4. The molecule has 1 heterocycles. The van der Waals surface area contributed by atoms with Gasteiger partial charge in [0.1, 0.15) is 0 Å². The molecule has 0 N–H and O–H groups in total. The zero-order chi connectivity index (χ0) is 13.0. The molecule has 1 aromatic rings. The van der Waals surface area contributed by atoms with Crippen LogP contribution in [0.25, 0.3) is 0 Å². The zero-order valence-electron chi connectivity index (χ0n) is 10.4. The Labute approximate surface area is 112 Å². The molecule has 1 aromatic carbocycles. The topological polar surface area (TPSA) is 35.9 Å². The van der Waals surface area contributed by atoms with Crippen molar-refractivity contribution in [3.05, 3.63) is 23.2 Å². The Balaban J connectivity index is 2.12. The largest absolute Gasteiger partial charge is 0.368 e. The monoisotopic (exact) mass is 265 g/mol. The number of carbonyl (C=O) groups excluding carboxylic acids is 1. The van der Waals surface area contributed by atoms with Gasteiger partial charge in [-0.1, -0.05) is 18.5 Å². The summed E-state index contributed by atoms with van der Waals surface area (Å²) >= 11 is 6.22. The Bertz CT molecular complexity index is 463. The lowest BCUT2D eigenvalue weighted by Gasteiger charge is -2.35. The maximum atomic E-state index is 10.2. The first kappa shape index (κ1) is 13.1. The van der Waals surface area contributed by atoms with E-state index < -0.39 is 0 Å². The van der Waals surface area contributed by atoms with Gasteiger partial charge in [-0.3, -0.25) is 0 Å². The second-order valence-corrected chi connectivity index (χ2v) is 4.67. The summed E-state index contributed by atoms with van der Waals surface area (Å²) in [7, 11) is 0. The molecule has 0 saturated carbocycles. The van der Waals surface area contributed by atoms with Crippen LogP contribution < -0.4 is 4.90 Å². The molecule has 1 aliphatic rings. The summed E-state index contributed by atoms with van der Waals surface area (Å²) in [5, 5.41) is 0.636. The van der Waals surface area contributed by atoms with E-state index in [9.17, 15) is 4.79 Å². The van der Waals surface area contributed by atoms with Crippen LogP contribution in [0, 0.1) is 0 Å². The Morgan fingerprint density at radius 2 is 2.06 bits per heavy atom. The molecule has 0 aromatic heterocycles. The van der Waals surface area contributed by atoms with Gasteiger partial charge >= 0.3 is 0 Å². The number of halogens is 1. The van der Waals surface area contributed by atoms with Crippen molar-refractivity contribution < 1.29 is 4.79 Å². The molecule has 0 spiro atoms. The van der Waals surface area contributed by atoms with E-state index in [1.165, 1.54) is 6.08 Å². The molecule has 18 heavy (non-hydrogen) atoms. The summed E-state index contributed by atoms with van der Waals surface area (Å²) in [6.07, 6.45) is 1.52. The molecular formula is C13H16ClN3O. The van der Waals surface area contributed by atoms with E-state index in [2.05, 4.69) is 21.7 Å². The molecule has 0 aliphatic carbocycles. The Morgan fingerprint density at radius 1 is 1.33 bits per heavy atom. The first-order chi connectivity index (χ1) is 8.74. The molecule has 0 bridgehead atoms. The predicted octanol–water partition coefficient (Wildman–Crippen LogP) is 2.45. The highest BCUT2D eigenvalue weighted by Crippen LogP contribution is 2.30. The lowest BCUT2D eigenvalue weighted by atomic mass is 10.2. The molecule has 96 valence electrons. The van der Waals surface area contributed by atoms with Crippen molar-refractivity contribution in [3.63, 3.8) is 0 Å². The fraction of sp³-hybridized carbons (Fsp3) is 0.462. The minimum absolute atomic E-state index is 0.547. The van der Waals surface area contributed by atoms with Gasteiger partial charge in [-0.05, 0) is 24.7 Å². The maximum Gasteiger partial charge on any atom is 0.240 e. The molecule has 5 heteroatoms. The predicted molar refractivity (Wildman–Crippen MR) is 73.6 cm³/mol. The van der Waals surface area contributed by atoms with Crippen LogP contribution in [0.15, 0.2) is 23.2 Å². The van der Waals surface area contributed by atoms with E-state index in [1.54, 1.807) is 12.1 Å². The molecule has 0 amide bonds. The fourth-order valence-corrected chi connectivity index (χ4v) is 2.47. The molecule has 1 aliphatic heterocycles. The van der Waals surface area contributed by atoms with Crippen LogP contribution in [0.1, 0.15) is 6.92 Å². The van der Waals surface area contributed by atoms with E-state index in [-0.39, 0.29) is 0 Å². The SMILES string of the molecule is CCN1CCN(c2ccc(N=C=O)cc2Cl)CC1. The first-order valence-electron chi connectivity index (χ1n) is 6.09. The van der Waals surface area contributed by atoms with Gasteiger partial charge in [0.2, 0.25) is 6.08 Å². The van der Waals surface area contributed by atoms with E-state index in [0.29, 0.717) is 10.7 Å². The number of piperazine rings is 1. The smallest absolute Gasteiger partial charge is 0.240 e. The zero-order valence-corrected chi connectivity index (χ0v) is 11.2.